The molecule has 3 rings (SSSR count). The van der Waals surface area contributed by atoms with Gasteiger partial charge in [0.1, 0.15) is 5.75 Å². The minimum Gasteiger partial charge on any atom is -0.497 e. The molecule has 0 radical (unpaired) electrons. The minimum absolute atomic E-state index is 0.671. The maximum absolute atomic E-state index is 5.21. The molecule has 1 heterocycles. The van der Waals surface area contributed by atoms with Gasteiger partial charge >= 0.3 is 0 Å². The van der Waals surface area contributed by atoms with Crippen LogP contribution in [0.25, 0.3) is 0 Å². The number of methoxy groups -OCH3 is 1. The number of aryl methyl sites for hydroxylation is 1. The van der Waals surface area contributed by atoms with Crippen LogP contribution in [0.15, 0.2) is 36.4 Å². The van der Waals surface area contributed by atoms with Crippen LogP contribution in [0.2, 0.25) is 0 Å². The summed E-state index contributed by atoms with van der Waals surface area (Å²) in [6.07, 6.45) is 3.64. The van der Waals surface area contributed by atoms with Gasteiger partial charge in [-0.2, -0.15) is 0 Å². The lowest BCUT2D eigenvalue weighted by molar-refractivity contribution is 0.290. The Morgan fingerprint density at radius 2 is 1.81 bits per heavy atom. The normalized spacial score (nSPS) is 21.0. The second-order valence-electron chi connectivity index (χ2n) is 5.74. The minimum atomic E-state index is 0.671. The van der Waals surface area contributed by atoms with E-state index < -0.39 is 0 Å². The van der Waals surface area contributed by atoms with E-state index in [4.69, 9.17) is 4.74 Å². The molecule has 0 bridgehead atoms. The molecule has 0 saturated heterocycles. The van der Waals surface area contributed by atoms with E-state index >= 15 is 0 Å². The number of rotatable bonds is 6. The van der Waals surface area contributed by atoms with Gasteiger partial charge in [-0.15, -0.1) is 11.3 Å². The molecule has 2 nitrogen and oxygen atoms in total. The van der Waals surface area contributed by atoms with E-state index in [0.717, 1.165) is 18.7 Å². The predicted molar refractivity (Wildman–Crippen MR) is 89.3 cm³/mol. The van der Waals surface area contributed by atoms with Crippen LogP contribution in [0.3, 0.4) is 0 Å². The van der Waals surface area contributed by atoms with Gasteiger partial charge in [0.05, 0.1) is 7.11 Å². The van der Waals surface area contributed by atoms with Gasteiger partial charge < -0.3 is 10.1 Å². The first-order chi connectivity index (χ1) is 10.3. The van der Waals surface area contributed by atoms with Gasteiger partial charge in [-0.1, -0.05) is 19.1 Å². The molecule has 2 aromatic rings. The largest absolute Gasteiger partial charge is 0.497 e. The number of nitrogens with one attached hydrogen (secondary N) is 1. The second kappa shape index (κ2) is 6.63. The molecule has 1 N–H and O–H groups in total. The molecule has 1 saturated carbocycles. The molecule has 0 atom stereocenters. The van der Waals surface area contributed by atoms with Crippen LogP contribution in [0.5, 0.6) is 5.75 Å². The first-order valence-corrected chi connectivity index (χ1v) is 8.55. The molecule has 1 aliphatic carbocycles. The van der Waals surface area contributed by atoms with E-state index in [-0.39, 0.29) is 0 Å². The van der Waals surface area contributed by atoms with Gasteiger partial charge in [-0.25, -0.2) is 0 Å². The zero-order chi connectivity index (χ0) is 14.7. The highest BCUT2D eigenvalue weighted by Crippen LogP contribution is 2.37. The maximum Gasteiger partial charge on any atom is 0.118 e. The van der Waals surface area contributed by atoms with Gasteiger partial charge in [0.2, 0.25) is 0 Å². The lowest BCUT2D eigenvalue weighted by atomic mass is 9.76. The van der Waals surface area contributed by atoms with Crippen LogP contribution < -0.4 is 10.1 Å². The molecular weight excluding hydrogens is 278 g/mol. The Bertz CT molecular complexity index is 569. The summed E-state index contributed by atoms with van der Waals surface area (Å²) < 4.78 is 5.21. The summed E-state index contributed by atoms with van der Waals surface area (Å²) in [4.78, 5) is 2.94. The highest BCUT2D eigenvalue weighted by Gasteiger charge is 2.29. The van der Waals surface area contributed by atoms with Crippen molar-refractivity contribution in [2.24, 2.45) is 0 Å². The number of ether oxygens (including phenoxy) is 1. The first kappa shape index (κ1) is 14.6. The third kappa shape index (κ3) is 3.47. The molecule has 0 spiro atoms. The SMILES string of the molecule is CCc1ccc(CNC2CC(c3ccc(OC)cc3)C2)s1. The van der Waals surface area contributed by atoms with Crippen molar-refractivity contribution >= 4 is 11.3 Å². The van der Waals surface area contributed by atoms with Crippen molar-refractivity contribution in [2.75, 3.05) is 7.11 Å². The highest BCUT2D eigenvalue weighted by atomic mass is 32.1. The average Bonchev–Trinajstić information content (AvgIpc) is 2.94. The zero-order valence-electron chi connectivity index (χ0n) is 12.8. The van der Waals surface area contributed by atoms with Gasteiger partial charge in [-0.05, 0) is 55.0 Å². The number of hydrogen-bond acceptors (Lipinski definition) is 3. The van der Waals surface area contributed by atoms with E-state index in [2.05, 4.69) is 48.6 Å². The monoisotopic (exact) mass is 301 g/mol. The van der Waals surface area contributed by atoms with Crippen molar-refractivity contribution in [3.63, 3.8) is 0 Å². The molecule has 1 aromatic heterocycles. The third-order valence-corrected chi connectivity index (χ3v) is 5.59. The molecule has 0 amide bonds. The van der Waals surface area contributed by atoms with Gasteiger partial charge in [0.25, 0.3) is 0 Å². The molecule has 0 aliphatic heterocycles. The fourth-order valence-corrected chi connectivity index (χ4v) is 3.79. The van der Waals surface area contributed by atoms with Crippen molar-refractivity contribution < 1.29 is 4.74 Å². The van der Waals surface area contributed by atoms with Crippen molar-refractivity contribution in [1.29, 1.82) is 0 Å². The van der Waals surface area contributed by atoms with Crippen LogP contribution >= 0.6 is 11.3 Å². The Hall–Kier alpha value is -1.32. The molecule has 1 aromatic carbocycles. The fraction of sp³-hybridized carbons (Fsp3) is 0.444. The number of hydrogen-bond donors (Lipinski definition) is 1. The molecule has 0 unspecified atom stereocenters. The van der Waals surface area contributed by atoms with Crippen LogP contribution in [0.1, 0.15) is 41.0 Å². The van der Waals surface area contributed by atoms with Crippen molar-refractivity contribution in [2.45, 2.75) is 44.7 Å². The zero-order valence-corrected chi connectivity index (χ0v) is 13.6. The lowest BCUT2D eigenvalue weighted by Crippen LogP contribution is -2.39. The Balaban J connectivity index is 1.44. The first-order valence-electron chi connectivity index (χ1n) is 7.73. The van der Waals surface area contributed by atoms with Gasteiger partial charge in [-0.3, -0.25) is 0 Å². The smallest absolute Gasteiger partial charge is 0.118 e. The Kier molecular flexibility index (Phi) is 4.61. The van der Waals surface area contributed by atoms with E-state index in [1.165, 1.54) is 28.2 Å². The van der Waals surface area contributed by atoms with Crippen LogP contribution in [-0.2, 0) is 13.0 Å². The molecule has 1 fully saturated rings. The Morgan fingerprint density at radius 3 is 2.43 bits per heavy atom. The van der Waals surface area contributed by atoms with E-state index in [9.17, 15) is 0 Å². The molecular formula is C18H23NOS. The summed E-state index contributed by atoms with van der Waals surface area (Å²) >= 11 is 1.93. The molecule has 3 heteroatoms. The quantitative estimate of drug-likeness (QED) is 0.856. The molecule has 112 valence electrons. The number of thiophene rings is 1. The summed E-state index contributed by atoms with van der Waals surface area (Å²) in [6, 6.07) is 13.7. The summed E-state index contributed by atoms with van der Waals surface area (Å²) in [7, 11) is 1.72. The summed E-state index contributed by atoms with van der Waals surface area (Å²) in [5, 5.41) is 3.68. The standard InChI is InChI=1S/C18H23NOS/c1-3-17-8-9-18(21-17)12-19-15-10-14(11-15)13-4-6-16(20-2)7-5-13/h4-9,14-15,19H,3,10-12H2,1-2H3. The summed E-state index contributed by atoms with van der Waals surface area (Å²) in [5.41, 5.74) is 1.44. The summed E-state index contributed by atoms with van der Waals surface area (Å²) in [6.45, 7) is 3.24. The Labute approximate surface area is 131 Å². The number of benzene rings is 1. The van der Waals surface area contributed by atoms with E-state index in [1.807, 2.05) is 11.3 Å². The molecule has 1 aliphatic rings. The Morgan fingerprint density at radius 1 is 1.10 bits per heavy atom. The van der Waals surface area contributed by atoms with Crippen molar-refractivity contribution in [1.82, 2.24) is 5.32 Å². The van der Waals surface area contributed by atoms with Crippen molar-refractivity contribution in [3.05, 3.63) is 51.7 Å². The van der Waals surface area contributed by atoms with E-state index in [1.54, 1.807) is 7.11 Å². The fourth-order valence-electron chi connectivity index (χ4n) is 2.89. The second-order valence-corrected chi connectivity index (χ2v) is 6.99. The lowest BCUT2D eigenvalue weighted by Gasteiger charge is -2.36. The summed E-state index contributed by atoms with van der Waals surface area (Å²) in [5.74, 6) is 1.65. The van der Waals surface area contributed by atoms with Crippen LogP contribution in [0, 0.1) is 0 Å². The van der Waals surface area contributed by atoms with E-state index in [0.29, 0.717) is 12.0 Å². The highest BCUT2D eigenvalue weighted by molar-refractivity contribution is 7.11. The van der Waals surface area contributed by atoms with Gasteiger partial charge in [0.15, 0.2) is 0 Å². The third-order valence-electron chi connectivity index (χ3n) is 4.36. The predicted octanol–water partition coefficient (Wildman–Crippen LogP) is 4.35. The van der Waals surface area contributed by atoms with Crippen molar-refractivity contribution in [3.8, 4) is 5.75 Å². The average molecular weight is 301 g/mol. The molecule has 21 heavy (non-hydrogen) atoms. The maximum atomic E-state index is 5.21. The van der Waals surface area contributed by atoms with Crippen LogP contribution in [-0.4, -0.2) is 13.2 Å². The van der Waals surface area contributed by atoms with Crippen LogP contribution in [0.4, 0.5) is 0 Å². The topological polar surface area (TPSA) is 21.3 Å². The van der Waals surface area contributed by atoms with Gasteiger partial charge in [0, 0.05) is 22.3 Å².